The highest BCUT2D eigenvalue weighted by molar-refractivity contribution is 6.32. The number of halogens is 1. The van der Waals surface area contributed by atoms with Crippen LogP contribution in [0.15, 0.2) is 12.1 Å². The topological polar surface area (TPSA) is 55.8 Å². The third-order valence-electron chi connectivity index (χ3n) is 4.09. The molecule has 1 saturated carbocycles. The van der Waals surface area contributed by atoms with Gasteiger partial charge in [-0.25, -0.2) is 0 Å². The van der Waals surface area contributed by atoms with Gasteiger partial charge in [-0.1, -0.05) is 24.4 Å². The average molecular weight is 283 g/mol. The molecule has 1 aromatic carbocycles. The van der Waals surface area contributed by atoms with Crippen LogP contribution in [0.3, 0.4) is 0 Å². The van der Waals surface area contributed by atoms with Crippen molar-refractivity contribution in [1.82, 2.24) is 0 Å². The van der Waals surface area contributed by atoms with E-state index in [4.69, 9.17) is 21.1 Å². The molecular weight excluding hydrogens is 268 g/mol. The largest absolute Gasteiger partial charge is 0.481 e. The Hall–Kier alpha value is -1.26. The molecule has 0 saturated heterocycles. The molecule has 0 atom stereocenters. The lowest BCUT2D eigenvalue weighted by atomic mass is 9.78. The number of hydrogen-bond acceptors (Lipinski definition) is 3. The molecule has 0 radical (unpaired) electrons. The molecule has 19 heavy (non-hydrogen) atoms. The number of ether oxygens (including phenoxy) is 2. The molecule has 1 N–H and O–H groups in total. The van der Waals surface area contributed by atoms with Crippen molar-refractivity contribution in [1.29, 1.82) is 0 Å². The number of rotatable bonds is 2. The van der Waals surface area contributed by atoms with Crippen LogP contribution < -0.4 is 4.74 Å². The van der Waals surface area contributed by atoms with Gasteiger partial charge in [0.25, 0.3) is 0 Å². The minimum Gasteiger partial charge on any atom is -0.481 e. The van der Waals surface area contributed by atoms with Crippen LogP contribution in [-0.4, -0.2) is 17.9 Å². The SMILES string of the molecule is O=C(O)C1(c2cc3c(cc2Cl)COCO3)CCCC1. The van der Waals surface area contributed by atoms with E-state index in [1.807, 2.05) is 0 Å². The van der Waals surface area contributed by atoms with E-state index in [0.717, 1.165) is 18.4 Å². The Morgan fingerprint density at radius 1 is 1.32 bits per heavy atom. The van der Waals surface area contributed by atoms with Crippen molar-refractivity contribution in [2.45, 2.75) is 37.7 Å². The van der Waals surface area contributed by atoms with Crippen LogP contribution >= 0.6 is 11.6 Å². The number of carboxylic acids is 1. The fourth-order valence-corrected chi connectivity index (χ4v) is 3.41. The van der Waals surface area contributed by atoms with Crippen molar-refractivity contribution in [3.63, 3.8) is 0 Å². The molecule has 3 rings (SSSR count). The Balaban J connectivity index is 2.11. The smallest absolute Gasteiger partial charge is 0.314 e. The van der Waals surface area contributed by atoms with Crippen molar-refractivity contribution in [2.24, 2.45) is 0 Å². The highest BCUT2D eigenvalue weighted by atomic mass is 35.5. The molecule has 1 aliphatic heterocycles. The second-order valence-corrected chi connectivity index (χ2v) is 5.55. The number of aliphatic carboxylic acids is 1. The molecule has 1 heterocycles. The van der Waals surface area contributed by atoms with E-state index in [9.17, 15) is 9.90 Å². The maximum Gasteiger partial charge on any atom is 0.314 e. The zero-order chi connectivity index (χ0) is 13.5. The summed E-state index contributed by atoms with van der Waals surface area (Å²) in [5.74, 6) is -0.0999. The summed E-state index contributed by atoms with van der Waals surface area (Å²) in [6, 6.07) is 3.56. The molecule has 0 spiro atoms. The minimum absolute atomic E-state index is 0.203. The van der Waals surface area contributed by atoms with Gasteiger partial charge in [-0.3, -0.25) is 4.79 Å². The lowest BCUT2D eigenvalue weighted by Crippen LogP contribution is -2.33. The zero-order valence-corrected chi connectivity index (χ0v) is 11.2. The second-order valence-electron chi connectivity index (χ2n) is 5.14. The minimum atomic E-state index is -0.853. The third-order valence-corrected chi connectivity index (χ3v) is 4.40. The van der Waals surface area contributed by atoms with Crippen LogP contribution in [-0.2, 0) is 21.6 Å². The molecule has 1 fully saturated rings. The molecule has 0 aromatic heterocycles. The van der Waals surface area contributed by atoms with Crippen molar-refractivity contribution >= 4 is 17.6 Å². The molecule has 1 aliphatic carbocycles. The summed E-state index contributed by atoms with van der Waals surface area (Å²) in [6.07, 6.45) is 3.11. The van der Waals surface area contributed by atoms with E-state index in [0.29, 0.717) is 35.8 Å². The molecular formula is C14H15ClO4. The fraction of sp³-hybridized carbons (Fsp3) is 0.500. The van der Waals surface area contributed by atoms with Gasteiger partial charge in [0.15, 0.2) is 6.79 Å². The number of fused-ring (bicyclic) bond motifs is 1. The van der Waals surface area contributed by atoms with Gasteiger partial charge >= 0.3 is 5.97 Å². The molecule has 5 heteroatoms. The normalized spacial score (nSPS) is 20.7. The number of benzene rings is 1. The molecule has 0 bridgehead atoms. The monoisotopic (exact) mass is 282 g/mol. The van der Waals surface area contributed by atoms with Crippen LogP contribution in [0.1, 0.15) is 36.8 Å². The molecule has 1 aromatic rings. The van der Waals surface area contributed by atoms with Gasteiger partial charge in [-0.15, -0.1) is 0 Å². The van der Waals surface area contributed by atoms with E-state index in [-0.39, 0.29) is 6.79 Å². The van der Waals surface area contributed by atoms with E-state index in [2.05, 4.69) is 0 Å². The predicted octanol–water partition coefficient (Wildman–Crippen LogP) is 3.10. The Bertz CT molecular complexity index is 520. The summed E-state index contributed by atoms with van der Waals surface area (Å²) in [6.45, 7) is 0.656. The van der Waals surface area contributed by atoms with Crippen LogP contribution in [0.4, 0.5) is 0 Å². The Kier molecular flexibility index (Phi) is 3.15. The zero-order valence-electron chi connectivity index (χ0n) is 10.4. The molecule has 0 amide bonds. The van der Waals surface area contributed by atoms with Crippen molar-refractivity contribution < 1.29 is 19.4 Å². The maximum atomic E-state index is 11.7. The fourth-order valence-electron chi connectivity index (χ4n) is 3.04. The number of carbonyl (C=O) groups is 1. The maximum absolute atomic E-state index is 11.7. The summed E-state index contributed by atoms with van der Waals surface area (Å²) < 4.78 is 10.6. The summed E-state index contributed by atoms with van der Waals surface area (Å²) in [5, 5.41) is 10.1. The first-order valence-electron chi connectivity index (χ1n) is 6.40. The number of hydrogen-bond donors (Lipinski definition) is 1. The first-order chi connectivity index (χ1) is 9.13. The van der Waals surface area contributed by atoms with Gasteiger partial charge in [-0.05, 0) is 30.5 Å². The van der Waals surface area contributed by atoms with Gasteiger partial charge < -0.3 is 14.6 Å². The van der Waals surface area contributed by atoms with Gasteiger partial charge in [0.1, 0.15) is 5.75 Å². The van der Waals surface area contributed by atoms with Crippen molar-refractivity contribution in [2.75, 3.05) is 6.79 Å². The van der Waals surface area contributed by atoms with E-state index in [1.165, 1.54) is 0 Å². The Labute approximate surface area is 116 Å². The summed E-state index contributed by atoms with van der Waals surface area (Å²) in [7, 11) is 0. The first-order valence-corrected chi connectivity index (χ1v) is 6.78. The lowest BCUT2D eigenvalue weighted by molar-refractivity contribution is -0.143. The van der Waals surface area contributed by atoms with E-state index >= 15 is 0 Å². The summed E-state index contributed by atoms with van der Waals surface area (Å²) in [4.78, 5) is 11.7. The highest BCUT2D eigenvalue weighted by Gasteiger charge is 2.44. The standard InChI is InChI=1S/C14H15ClO4/c15-11-5-9-7-18-8-19-12(9)6-10(11)14(13(16)17)3-1-2-4-14/h5-6H,1-4,7-8H2,(H,16,17). The Morgan fingerprint density at radius 2 is 2.05 bits per heavy atom. The van der Waals surface area contributed by atoms with Crippen molar-refractivity contribution in [3.8, 4) is 5.75 Å². The van der Waals surface area contributed by atoms with Gasteiger partial charge in [0.05, 0.1) is 12.0 Å². The molecule has 102 valence electrons. The van der Waals surface area contributed by atoms with Crippen LogP contribution in [0.25, 0.3) is 0 Å². The Morgan fingerprint density at radius 3 is 2.74 bits per heavy atom. The van der Waals surface area contributed by atoms with E-state index < -0.39 is 11.4 Å². The summed E-state index contributed by atoms with van der Waals surface area (Å²) in [5.41, 5.74) is 0.701. The average Bonchev–Trinajstić information content (AvgIpc) is 2.88. The number of carboxylic acid groups (broad SMARTS) is 1. The second kappa shape index (κ2) is 4.69. The van der Waals surface area contributed by atoms with Gasteiger partial charge in [0.2, 0.25) is 0 Å². The molecule has 4 nitrogen and oxygen atoms in total. The first kappa shape index (κ1) is 12.8. The highest BCUT2D eigenvalue weighted by Crippen LogP contribution is 2.46. The van der Waals surface area contributed by atoms with Crippen LogP contribution in [0, 0.1) is 0 Å². The van der Waals surface area contributed by atoms with Crippen LogP contribution in [0.5, 0.6) is 5.75 Å². The van der Waals surface area contributed by atoms with Crippen LogP contribution in [0.2, 0.25) is 5.02 Å². The van der Waals surface area contributed by atoms with Gasteiger partial charge in [-0.2, -0.15) is 0 Å². The lowest BCUT2D eigenvalue weighted by Gasteiger charge is -2.28. The predicted molar refractivity (Wildman–Crippen MR) is 69.5 cm³/mol. The summed E-state index contributed by atoms with van der Waals surface area (Å²) >= 11 is 6.30. The third kappa shape index (κ3) is 1.99. The molecule has 0 unspecified atom stereocenters. The van der Waals surface area contributed by atoms with Gasteiger partial charge in [0, 0.05) is 10.6 Å². The molecule has 2 aliphatic rings. The van der Waals surface area contributed by atoms with Crippen molar-refractivity contribution in [3.05, 3.63) is 28.3 Å². The van der Waals surface area contributed by atoms with E-state index in [1.54, 1.807) is 12.1 Å². The quantitative estimate of drug-likeness (QED) is 0.905.